The number of benzene rings is 1. The van der Waals surface area contributed by atoms with Crippen LogP contribution < -0.4 is 10.2 Å². The van der Waals surface area contributed by atoms with Crippen molar-refractivity contribution in [1.29, 1.82) is 0 Å². The number of aromatic amines is 1. The van der Waals surface area contributed by atoms with Crippen LogP contribution in [-0.4, -0.2) is 64.5 Å². The van der Waals surface area contributed by atoms with E-state index in [9.17, 15) is 4.79 Å². The van der Waals surface area contributed by atoms with Crippen molar-refractivity contribution >= 4 is 34.4 Å². The number of H-pyrrole nitrogens is 1. The van der Waals surface area contributed by atoms with E-state index in [1.165, 1.54) is 32.1 Å². The molecule has 3 fully saturated rings. The molecule has 34 heavy (non-hydrogen) atoms. The number of anilines is 1. The van der Waals surface area contributed by atoms with Gasteiger partial charge >= 0.3 is 0 Å². The molecule has 2 aliphatic heterocycles. The van der Waals surface area contributed by atoms with Gasteiger partial charge in [-0.2, -0.15) is 0 Å². The molecule has 4 heterocycles. The number of halogens is 1. The molecule has 2 saturated heterocycles. The average Bonchev–Trinajstić information content (AvgIpc) is 3.63. The summed E-state index contributed by atoms with van der Waals surface area (Å²) in [6, 6.07) is 10.1. The van der Waals surface area contributed by atoms with E-state index in [0.717, 1.165) is 42.0 Å². The Morgan fingerprint density at radius 3 is 2.56 bits per heavy atom. The van der Waals surface area contributed by atoms with Gasteiger partial charge in [-0.3, -0.25) is 4.79 Å². The van der Waals surface area contributed by atoms with Gasteiger partial charge in [-0.25, -0.2) is 9.97 Å². The number of nitrogens with one attached hydrogen (secondary N) is 2. The van der Waals surface area contributed by atoms with E-state index < -0.39 is 0 Å². The van der Waals surface area contributed by atoms with Gasteiger partial charge in [-0.15, -0.1) is 0 Å². The first kappa shape index (κ1) is 21.9. The summed E-state index contributed by atoms with van der Waals surface area (Å²) in [6.45, 7) is 3.91. The highest BCUT2D eigenvalue weighted by atomic mass is 35.5. The predicted octanol–water partition coefficient (Wildman–Crippen LogP) is 3.97. The van der Waals surface area contributed by atoms with E-state index in [4.69, 9.17) is 11.6 Å². The highest BCUT2D eigenvalue weighted by Gasteiger charge is 2.50. The Labute approximate surface area is 204 Å². The quantitative estimate of drug-likeness (QED) is 0.593. The fourth-order valence-corrected chi connectivity index (χ4v) is 6.68. The maximum atomic E-state index is 14.1. The van der Waals surface area contributed by atoms with Gasteiger partial charge in [0.1, 0.15) is 17.8 Å². The van der Waals surface area contributed by atoms with Gasteiger partial charge in [0.05, 0.1) is 11.3 Å². The molecule has 2 N–H and O–H groups in total. The Morgan fingerprint density at radius 2 is 1.79 bits per heavy atom. The molecule has 6 rings (SSSR count). The van der Waals surface area contributed by atoms with Crippen molar-refractivity contribution in [1.82, 2.24) is 25.2 Å². The fourth-order valence-electron chi connectivity index (χ4n) is 6.55. The molecule has 1 aromatic carbocycles. The Bertz CT molecular complexity index is 1160. The number of nitrogens with zero attached hydrogens (tertiary/aromatic N) is 4. The smallest absolute Gasteiger partial charge is 0.231 e. The molecule has 2 aromatic heterocycles. The number of hydrogen-bond acceptors (Lipinski definition) is 5. The third-order valence-electron chi connectivity index (χ3n) is 8.30. The first-order chi connectivity index (χ1) is 16.6. The van der Waals surface area contributed by atoms with E-state index in [1.807, 2.05) is 36.5 Å². The first-order valence-electron chi connectivity index (χ1n) is 12.5. The van der Waals surface area contributed by atoms with Gasteiger partial charge in [0.15, 0.2) is 0 Å². The summed E-state index contributed by atoms with van der Waals surface area (Å²) >= 11 is 6.20. The zero-order valence-electron chi connectivity index (χ0n) is 19.3. The molecule has 8 heteroatoms. The molecule has 7 nitrogen and oxygen atoms in total. The Kier molecular flexibility index (Phi) is 5.70. The lowest BCUT2D eigenvalue weighted by molar-refractivity contribution is -0.134. The summed E-state index contributed by atoms with van der Waals surface area (Å²) in [5.41, 5.74) is 2.16. The van der Waals surface area contributed by atoms with Crippen LogP contribution in [0.3, 0.4) is 0 Å². The van der Waals surface area contributed by atoms with Crippen LogP contribution in [0.4, 0.5) is 5.82 Å². The van der Waals surface area contributed by atoms with Gasteiger partial charge in [-0.1, -0.05) is 36.6 Å². The summed E-state index contributed by atoms with van der Waals surface area (Å²) in [5.74, 6) is 0.997. The second-order valence-corrected chi connectivity index (χ2v) is 10.5. The zero-order valence-corrected chi connectivity index (χ0v) is 20.1. The maximum Gasteiger partial charge on any atom is 0.231 e. The number of rotatable bonds is 4. The molecular formula is C26H31ClN6O. The molecule has 178 valence electrons. The number of aromatic nitrogens is 3. The number of carbonyl (C=O) groups excluding carboxylic acids is 1. The summed E-state index contributed by atoms with van der Waals surface area (Å²) in [6.07, 6.45) is 9.65. The Balaban J connectivity index is 1.25. The van der Waals surface area contributed by atoms with Crippen LogP contribution in [0, 0.1) is 5.41 Å². The maximum absolute atomic E-state index is 14.1. The van der Waals surface area contributed by atoms with E-state index in [-0.39, 0.29) is 23.3 Å². The fraction of sp³-hybridized carbons (Fsp3) is 0.500. The van der Waals surface area contributed by atoms with Crippen LogP contribution in [0.1, 0.15) is 43.6 Å². The second-order valence-electron chi connectivity index (χ2n) is 10.0. The molecular weight excluding hydrogens is 448 g/mol. The van der Waals surface area contributed by atoms with E-state index >= 15 is 0 Å². The number of piperazine rings is 1. The van der Waals surface area contributed by atoms with Crippen molar-refractivity contribution in [3.8, 4) is 0 Å². The molecule has 0 bridgehead atoms. The minimum Gasteiger partial charge on any atom is -0.352 e. The monoisotopic (exact) mass is 478 g/mol. The average molecular weight is 479 g/mol. The molecule has 1 aliphatic carbocycles. The third kappa shape index (κ3) is 3.75. The van der Waals surface area contributed by atoms with E-state index in [2.05, 4.69) is 30.1 Å². The number of amides is 1. The zero-order chi connectivity index (χ0) is 23.1. The molecule has 0 radical (unpaired) electrons. The normalized spacial score (nSPS) is 23.1. The highest BCUT2D eigenvalue weighted by Crippen LogP contribution is 2.50. The van der Waals surface area contributed by atoms with Crippen molar-refractivity contribution in [2.45, 2.75) is 44.1 Å². The molecule has 1 spiro atoms. The predicted molar refractivity (Wildman–Crippen MR) is 134 cm³/mol. The van der Waals surface area contributed by atoms with Crippen LogP contribution in [-0.2, 0) is 4.79 Å². The van der Waals surface area contributed by atoms with Gasteiger partial charge < -0.3 is 20.1 Å². The molecule has 3 aliphatic rings. The standard InChI is InChI=1S/C26H31ClN6O/c27-19-5-3-18(4-6-19)21(22-26(10-12-28-22)8-1-2-9-26)25(34)33-15-13-32(14-16-33)24-20-7-11-29-23(20)30-17-31-24/h3-7,11,17,21-22,28H,1-2,8-10,12-16H2,(H,29,30,31)/t21-,22+/m0/s1. The summed E-state index contributed by atoms with van der Waals surface area (Å²) in [4.78, 5) is 30.5. The molecule has 1 saturated carbocycles. The van der Waals surface area contributed by atoms with Gasteiger partial charge in [0.25, 0.3) is 0 Å². The molecule has 1 amide bonds. The minimum absolute atomic E-state index is 0.181. The molecule has 3 aromatic rings. The van der Waals surface area contributed by atoms with Crippen LogP contribution >= 0.6 is 11.6 Å². The van der Waals surface area contributed by atoms with Crippen LogP contribution in [0.2, 0.25) is 5.02 Å². The molecule has 0 unspecified atom stereocenters. The second kappa shape index (κ2) is 8.86. The highest BCUT2D eigenvalue weighted by molar-refractivity contribution is 6.30. The summed E-state index contributed by atoms with van der Waals surface area (Å²) in [7, 11) is 0. The van der Waals surface area contributed by atoms with Crippen LogP contribution in [0.5, 0.6) is 0 Å². The SMILES string of the molecule is O=C([C@@H](c1ccc(Cl)cc1)[C@H]1NCCC12CCCC2)N1CCN(c2ncnc3[nH]ccc23)CC1. The Hall–Kier alpha value is -2.64. The number of hydrogen-bond donors (Lipinski definition) is 2. The van der Waals surface area contributed by atoms with Crippen LogP contribution in [0.15, 0.2) is 42.9 Å². The van der Waals surface area contributed by atoms with E-state index in [0.29, 0.717) is 18.1 Å². The largest absolute Gasteiger partial charge is 0.352 e. The minimum atomic E-state index is -0.181. The van der Waals surface area contributed by atoms with Gasteiger partial charge in [0.2, 0.25) is 5.91 Å². The summed E-state index contributed by atoms with van der Waals surface area (Å²) < 4.78 is 0. The van der Waals surface area contributed by atoms with Crippen molar-refractivity contribution in [3.05, 3.63) is 53.4 Å². The number of fused-ring (bicyclic) bond motifs is 1. The van der Waals surface area contributed by atoms with Crippen molar-refractivity contribution < 1.29 is 4.79 Å². The van der Waals surface area contributed by atoms with Gasteiger partial charge in [0, 0.05) is 43.4 Å². The lowest BCUT2D eigenvalue weighted by Gasteiger charge is -2.41. The van der Waals surface area contributed by atoms with Crippen molar-refractivity contribution in [2.24, 2.45) is 5.41 Å². The van der Waals surface area contributed by atoms with Gasteiger partial charge in [-0.05, 0) is 55.0 Å². The lowest BCUT2D eigenvalue weighted by Crippen LogP contribution is -2.54. The first-order valence-corrected chi connectivity index (χ1v) is 12.8. The molecule has 2 atom stereocenters. The third-order valence-corrected chi connectivity index (χ3v) is 8.55. The van der Waals surface area contributed by atoms with Crippen LogP contribution in [0.25, 0.3) is 11.0 Å². The Morgan fingerprint density at radius 1 is 1.03 bits per heavy atom. The van der Waals surface area contributed by atoms with E-state index in [1.54, 1.807) is 6.33 Å². The van der Waals surface area contributed by atoms with Crippen molar-refractivity contribution in [3.63, 3.8) is 0 Å². The topological polar surface area (TPSA) is 77.2 Å². The number of carbonyl (C=O) groups is 1. The summed E-state index contributed by atoms with van der Waals surface area (Å²) in [5, 5.41) is 5.50. The van der Waals surface area contributed by atoms with Crippen molar-refractivity contribution in [2.75, 3.05) is 37.6 Å². The lowest BCUT2D eigenvalue weighted by atomic mass is 9.71.